The minimum atomic E-state index is -0.400. The van der Waals surface area contributed by atoms with Gasteiger partial charge in [-0.05, 0) is 76.8 Å². The van der Waals surface area contributed by atoms with Gasteiger partial charge in [0.05, 0.1) is 16.1 Å². The Morgan fingerprint density at radius 1 is 0.778 bits per heavy atom. The molecule has 232 valence electrons. The standard InChI is InChI=1S/C38H38Cl2N2O3/c1-42(36-21-19-26(27-11-8-9-16-32(27)36)25-18-20-34(39)35(40)23-25)37(43)17-3-2-10-22-41-38(44)45-24-33-30-14-6-4-12-28(30)29-13-5-7-15-31(29)33/h4-9,11-16,18,20,23,26,33,36H,2-3,10,17,19,21-22,24H2,1H3,(H,41,44). The van der Waals surface area contributed by atoms with Crippen molar-refractivity contribution in [1.82, 2.24) is 10.2 Å². The van der Waals surface area contributed by atoms with Gasteiger partial charge in [0.15, 0.2) is 0 Å². The highest BCUT2D eigenvalue weighted by Crippen LogP contribution is 2.45. The van der Waals surface area contributed by atoms with Gasteiger partial charge in [-0.1, -0.05) is 108 Å². The molecule has 0 aromatic heterocycles. The first-order valence-corrected chi connectivity index (χ1v) is 16.6. The van der Waals surface area contributed by atoms with E-state index < -0.39 is 6.09 Å². The summed E-state index contributed by atoms with van der Waals surface area (Å²) >= 11 is 12.5. The lowest BCUT2D eigenvalue weighted by molar-refractivity contribution is -0.132. The number of nitrogens with one attached hydrogen (secondary N) is 1. The van der Waals surface area contributed by atoms with E-state index in [0.29, 0.717) is 29.6 Å². The van der Waals surface area contributed by atoms with Crippen LogP contribution in [0.2, 0.25) is 10.0 Å². The van der Waals surface area contributed by atoms with Gasteiger partial charge in [-0.15, -0.1) is 0 Å². The molecule has 1 N–H and O–H groups in total. The Balaban J connectivity index is 0.938. The number of amides is 2. The molecule has 45 heavy (non-hydrogen) atoms. The summed E-state index contributed by atoms with van der Waals surface area (Å²) in [5.74, 6) is 0.413. The number of hydrogen-bond donors (Lipinski definition) is 1. The molecule has 2 unspecified atom stereocenters. The molecular weight excluding hydrogens is 603 g/mol. The first kappa shape index (κ1) is 31.2. The molecule has 0 saturated heterocycles. The number of benzene rings is 4. The monoisotopic (exact) mass is 640 g/mol. The summed E-state index contributed by atoms with van der Waals surface area (Å²) in [5, 5.41) is 4.00. The molecule has 5 nitrogen and oxygen atoms in total. The Kier molecular flexibility index (Phi) is 9.77. The number of halogens is 2. The Bertz CT molecular complexity index is 1640. The first-order chi connectivity index (χ1) is 21.9. The van der Waals surface area contributed by atoms with Crippen LogP contribution in [0.3, 0.4) is 0 Å². The molecule has 2 aliphatic carbocycles. The predicted molar refractivity (Wildman–Crippen MR) is 181 cm³/mol. The molecule has 7 heteroatoms. The van der Waals surface area contributed by atoms with Crippen molar-refractivity contribution in [2.45, 2.75) is 56.4 Å². The number of fused-ring (bicyclic) bond motifs is 4. The largest absolute Gasteiger partial charge is 0.449 e. The summed E-state index contributed by atoms with van der Waals surface area (Å²) in [5.41, 5.74) is 8.41. The quantitative estimate of drug-likeness (QED) is 0.176. The highest BCUT2D eigenvalue weighted by atomic mass is 35.5. The molecule has 4 aromatic carbocycles. The number of alkyl carbamates (subject to hydrolysis) is 1. The SMILES string of the molecule is CN(C(=O)CCCCCNC(=O)OCC1c2ccccc2-c2ccccc21)C1CCC(c2ccc(Cl)c(Cl)c2)c2ccccc21. The maximum atomic E-state index is 13.2. The average molecular weight is 642 g/mol. The van der Waals surface area contributed by atoms with Crippen LogP contribution in [0.15, 0.2) is 91.0 Å². The van der Waals surface area contributed by atoms with Crippen LogP contribution in [-0.2, 0) is 9.53 Å². The molecule has 2 aliphatic rings. The van der Waals surface area contributed by atoms with Gasteiger partial charge in [-0.2, -0.15) is 0 Å². The van der Waals surface area contributed by atoms with E-state index >= 15 is 0 Å². The van der Waals surface area contributed by atoms with Crippen LogP contribution in [0.5, 0.6) is 0 Å². The lowest BCUT2D eigenvalue weighted by atomic mass is 9.76. The van der Waals surface area contributed by atoms with E-state index in [-0.39, 0.29) is 23.8 Å². The summed E-state index contributed by atoms with van der Waals surface area (Å²) in [6, 6.07) is 30.9. The van der Waals surface area contributed by atoms with Gasteiger partial charge in [0.1, 0.15) is 6.61 Å². The number of hydrogen-bond acceptors (Lipinski definition) is 3. The van der Waals surface area contributed by atoms with E-state index in [1.165, 1.54) is 33.4 Å². The van der Waals surface area contributed by atoms with Crippen LogP contribution < -0.4 is 5.32 Å². The number of nitrogens with zero attached hydrogens (tertiary/aromatic N) is 1. The molecule has 0 radical (unpaired) electrons. The van der Waals surface area contributed by atoms with E-state index in [2.05, 4.69) is 47.8 Å². The van der Waals surface area contributed by atoms with Crippen LogP contribution in [0, 0.1) is 0 Å². The zero-order chi connectivity index (χ0) is 31.3. The highest BCUT2D eigenvalue weighted by molar-refractivity contribution is 6.42. The van der Waals surface area contributed by atoms with Gasteiger partial charge in [-0.3, -0.25) is 4.79 Å². The first-order valence-electron chi connectivity index (χ1n) is 15.8. The zero-order valence-electron chi connectivity index (χ0n) is 25.5. The maximum absolute atomic E-state index is 13.2. The third-order valence-electron chi connectivity index (χ3n) is 9.35. The average Bonchev–Trinajstić information content (AvgIpc) is 3.39. The zero-order valence-corrected chi connectivity index (χ0v) is 27.0. The van der Waals surface area contributed by atoms with Crippen LogP contribution in [0.25, 0.3) is 11.1 Å². The van der Waals surface area contributed by atoms with E-state index in [0.717, 1.165) is 37.7 Å². The second-order valence-corrected chi connectivity index (χ2v) is 12.8. The highest BCUT2D eigenvalue weighted by Gasteiger charge is 2.32. The number of rotatable bonds is 10. The van der Waals surface area contributed by atoms with Crippen molar-refractivity contribution >= 4 is 35.2 Å². The fourth-order valence-corrected chi connectivity index (χ4v) is 7.32. The van der Waals surface area contributed by atoms with Crippen LogP contribution in [0.4, 0.5) is 4.79 Å². The van der Waals surface area contributed by atoms with Crippen LogP contribution >= 0.6 is 23.2 Å². The molecule has 0 bridgehead atoms. The van der Waals surface area contributed by atoms with Gasteiger partial charge in [0.2, 0.25) is 5.91 Å². The van der Waals surface area contributed by atoms with Crippen LogP contribution in [0.1, 0.15) is 84.2 Å². The number of carbonyl (C=O) groups is 2. The van der Waals surface area contributed by atoms with Gasteiger partial charge in [0, 0.05) is 31.8 Å². The summed E-state index contributed by atoms with van der Waals surface area (Å²) in [7, 11) is 1.92. The lowest BCUT2D eigenvalue weighted by Crippen LogP contribution is -2.34. The summed E-state index contributed by atoms with van der Waals surface area (Å²) in [4.78, 5) is 27.6. The lowest BCUT2D eigenvalue weighted by Gasteiger charge is -2.37. The summed E-state index contributed by atoms with van der Waals surface area (Å²) < 4.78 is 5.64. The molecule has 2 amide bonds. The number of carbonyl (C=O) groups excluding carboxylic acids is 2. The molecule has 0 heterocycles. The molecule has 0 spiro atoms. The minimum absolute atomic E-state index is 0.0444. The van der Waals surface area contributed by atoms with Crippen LogP contribution in [-0.4, -0.2) is 37.1 Å². The Morgan fingerprint density at radius 3 is 2.11 bits per heavy atom. The molecule has 0 fully saturated rings. The second kappa shape index (κ2) is 14.1. The second-order valence-electron chi connectivity index (χ2n) is 12.0. The van der Waals surface area contributed by atoms with Gasteiger partial charge >= 0.3 is 6.09 Å². The van der Waals surface area contributed by atoms with Crippen molar-refractivity contribution in [2.24, 2.45) is 0 Å². The molecule has 2 atom stereocenters. The molecule has 4 aromatic rings. The summed E-state index contributed by atoms with van der Waals surface area (Å²) in [6.45, 7) is 0.825. The van der Waals surface area contributed by atoms with Crippen molar-refractivity contribution in [3.63, 3.8) is 0 Å². The third-order valence-corrected chi connectivity index (χ3v) is 10.1. The normalized spacial score (nSPS) is 16.8. The predicted octanol–water partition coefficient (Wildman–Crippen LogP) is 9.52. The van der Waals surface area contributed by atoms with E-state index in [4.69, 9.17) is 27.9 Å². The molecule has 6 rings (SSSR count). The maximum Gasteiger partial charge on any atom is 0.407 e. The topological polar surface area (TPSA) is 58.6 Å². The van der Waals surface area contributed by atoms with E-state index in [1.54, 1.807) is 0 Å². The number of unbranched alkanes of at least 4 members (excludes halogenated alkanes) is 2. The van der Waals surface area contributed by atoms with Crippen molar-refractivity contribution in [3.8, 4) is 11.1 Å². The Morgan fingerprint density at radius 2 is 1.42 bits per heavy atom. The summed E-state index contributed by atoms with van der Waals surface area (Å²) in [6.07, 6.45) is 4.31. The van der Waals surface area contributed by atoms with Crippen molar-refractivity contribution < 1.29 is 14.3 Å². The van der Waals surface area contributed by atoms with E-state index in [1.807, 2.05) is 60.5 Å². The smallest absolute Gasteiger partial charge is 0.407 e. The van der Waals surface area contributed by atoms with Crippen molar-refractivity contribution in [3.05, 3.63) is 129 Å². The van der Waals surface area contributed by atoms with Crippen molar-refractivity contribution in [1.29, 1.82) is 0 Å². The molecular formula is C38H38Cl2N2O3. The van der Waals surface area contributed by atoms with E-state index in [9.17, 15) is 9.59 Å². The van der Waals surface area contributed by atoms with Gasteiger partial charge in [0.25, 0.3) is 0 Å². The van der Waals surface area contributed by atoms with Crippen molar-refractivity contribution in [2.75, 3.05) is 20.2 Å². The third kappa shape index (κ3) is 6.75. The van der Waals surface area contributed by atoms with Gasteiger partial charge in [-0.25, -0.2) is 4.79 Å². The minimum Gasteiger partial charge on any atom is -0.449 e. The molecule has 0 saturated carbocycles. The Labute approximate surface area is 275 Å². The number of ether oxygens (including phenoxy) is 1. The molecule has 0 aliphatic heterocycles. The fraction of sp³-hybridized carbons (Fsp3) is 0.316. The fourth-order valence-electron chi connectivity index (χ4n) is 7.01. The Hall–Kier alpha value is -3.80. The van der Waals surface area contributed by atoms with Gasteiger partial charge < -0.3 is 15.0 Å².